The quantitative estimate of drug-likeness (QED) is 0.518. The molecule has 2 aromatic heterocycles. The standard InChI is InChI=1S/C21H28N4O3S2/c1-2-11-22-20(28)23-16(26)12-29-21-24-18-17(14-9-5-6-10-15(14)30-18)19(27)25(21)13-7-3-4-8-13/h13H,2-12H2,1H3,(H2,22,23,26,28). The molecule has 0 saturated heterocycles. The number of fused-ring (bicyclic) bond motifs is 3. The lowest BCUT2D eigenvalue weighted by Gasteiger charge is -2.18. The van der Waals surface area contributed by atoms with Gasteiger partial charge in [-0.25, -0.2) is 9.78 Å². The summed E-state index contributed by atoms with van der Waals surface area (Å²) in [7, 11) is 0. The number of imide groups is 1. The summed E-state index contributed by atoms with van der Waals surface area (Å²) in [6.07, 6.45) is 9.24. The second kappa shape index (κ2) is 9.51. The minimum atomic E-state index is -0.482. The molecule has 0 radical (unpaired) electrons. The van der Waals surface area contributed by atoms with Crippen molar-refractivity contribution in [3.63, 3.8) is 0 Å². The van der Waals surface area contributed by atoms with Gasteiger partial charge in [0.15, 0.2) is 5.16 Å². The Labute approximate surface area is 184 Å². The second-order valence-electron chi connectivity index (χ2n) is 7.99. The fourth-order valence-electron chi connectivity index (χ4n) is 4.36. The lowest BCUT2D eigenvalue weighted by molar-refractivity contribution is -0.117. The van der Waals surface area contributed by atoms with Crippen molar-refractivity contribution in [1.29, 1.82) is 0 Å². The zero-order valence-corrected chi connectivity index (χ0v) is 18.9. The van der Waals surface area contributed by atoms with E-state index in [0.717, 1.165) is 61.6 Å². The number of aromatic nitrogens is 2. The predicted octanol–water partition coefficient (Wildman–Crippen LogP) is 3.78. The van der Waals surface area contributed by atoms with Gasteiger partial charge in [0.2, 0.25) is 5.91 Å². The van der Waals surface area contributed by atoms with Gasteiger partial charge in [0, 0.05) is 17.5 Å². The molecule has 0 aliphatic heterocycles. The van der Waals surface area contributed by atoms with Crippen molar-refractivity contribution in [2.75, 3.05) is 12.3 Å². The number of hydrogen-bond donors (Lipinski definition) is 2. The molecule has 2 aliphatic carbocycles. The molecule has 2 aliphatic rings. The van der Waals surface area contributed by atoms with E-state index >= 15 is 0 Å². The number of thiophene rings is 1. The van der Waals surface area contributed by atoms with E-state index in [1.54, 1.807) is 11.3 Å². The highest BCUT2D eigenvalue weighted by Crippen LogP contribution is 2.37. The van der Waals surface area contributed by atoms with Crippen LogP contribution in [0.4, 0.5) is 4.79 Å². The maximum atomic E-state index is 13.6. The number of thioether (sulfide) groups is 1. The van der Waals surface area contributed by atoms with Crippen molar-refractivity contribution in [3.05, 3.63) is 20.8 Å². The highest BCUT2D eigenvalue weighted by Gasteiger charge is 2.27. The molecule has 4 rings (SSSR count). The molecular weight excluding hydrogens is 420 g/mol. The van der Waals surface area contributed by atoms with Crippen LogP contribution < -0.4 is 16.2 Å². The summed E-state index contributed by atoms with van der Waals surface area (Å²) in [5.74, 6) is -0.332. The van der Waals surface area contributed by atoms with Crippen molar-refractivity contribution < 1.29 is 9.59 Å². The highest BCUT2D eigenvalue weighted by molar-refractivity contribution is 7.99. The number of hydrogen-bond acceptors (Lipinski definition) is 6. The van der Waals surface area contributed by atoms with E-state index in [4.69, 9.17) is 4.98 Å². The number of rotatable bonds is 6. The SMILES string of the molecule is CCCNC(=O)NC(=O)CSc1nc2sc3c(c2c(=O)n1C1CCCC1)CCCC3. The summed E-state index contributed by atoms with van der Waals surface area (Å²) in [5.41, 5.74) is 1.25. The molecule has 1 saturated carbocycles. The Morgan fingerprint density at radius 3 is 2.73 bits per heavy atom. The van der Waals surface area contributed by atoms with Crippen molar-refractivity contribution in [2.24, 2.45) is 0 Å². The third kappa shape index (κ3) is 4.42. The first-order valence-corrected chi connectivity index (χ1v) is 12.7. The van der Waals surface area contributed by atoms with E-state index in [1.165, 1.54) is 28.6 Å². The number of urea groups is 1. The molecule has 2 N–H and O–H groups in total. The lowest BCUT2D eigenvalue weighted by atomic mass is 9.97. The van der Waals surface area contributed by atoms with E-state index in [1.807, 2.05) is 11.5 Å². The van der Waals surface area contributed by atoms with E-state index in [9.17, 15) is 14.4 Å². The van der Waals surface area contributed by atoms with Crippen LogP contribution in [0.5, 0.6) is 0 Å². The van der Waals surface area contributed by atoms with Gasteiger partial charge < -0.3 is 5.32 Å². The van der Waals surface area contributed by atoms with Crippen molar-refractivity contribution in [3.8, 4) is 0 Å². The molecule has 0 aromatic carbocycles. The molecule has 0 spiro atoms. The van der Waals surface area contributed by atoms with Gasteiger partial charge in [0.05, 0.1) is 11.1 Å². The Morgan fingerprint density at radius 2 is 1.97 bits per heavy atom. The number of amides is 3. The highest BCUT2D eigenvalue weighted by atomic mass is 32.2. The fourth-order valence-corrected chi connectivity index (χ4v) is 6.53. The first-order valence-electron chi connectivity index (χ1n) is 10.9. The summed E-state index contributed by atoms with van der Waals surface area (Å²) < 4.78 is 1.84. The predicted molar refractivity (Wildman–Crippen MR) is 121 cm³/mol. The Kier molecular flexibility index (Phi) is 6.77. The fraction of sp³-hybridized carbons (Fsp3) is 0.619. The Hall–Kier alpha value is -1.87. The average Bonchev–Trinajstić information content (AvgIpc) is 3.38. The van der Waals surface area contributed by atoms with Crippen LogP contribution in [-0.4, -0.2) is 33.8 Å². The monoisotopic (exact) mass is 448 g/mol. The Balaban J connectivity index is 1.61. The van der Waals surface area contributed by atoms with Crippen LogP contribution in [0.3, 0.4) is 0 Å². The van der Waals surface area contributed by atoms with Gasteiger partial charge in [-0.2, -0.15) is 0 Å². The Bertz CT molecular complexity index is 1010. The number of carbonyl (C=O) groups is 2. The van der Waals surface area contributed by atoms with Crippen molar-refractivity contribution in [1.82, 2.24) is 20.2 Å². The van der Waals surface area contributed by atoms with Crippen LogP contribution in [0.2, 0.25) is 0 Å². The molecule has 2 heterocycles. The van der Waals surface area contributed by atoms with Crippen LogP contribution in [0.25, 0.3) is 10.2 Å². The molecule has 30 heavy (non-hydrogen) atoms. The molecular formula is C21H28N4O3S2. The maximum absolute atomic E-state index is 13.6. The van der Waals surface area contributed by atoms with E-state index in [0.29, 0.717) is 11.7 Å². The van der Waals surface area contributed by atoms with Crippen LogP contribution in [0, 0.1) is 0 Å². The number of carbonyl (C=O) groups excluding carboxylic acids is 2. The van der Waals surface area contributed by atoms with Crippen LogP contribution in [0.1, 0.15) is 68.4 Å². The topological polar surface area (TPSA) is 93.1 Å². The van der Waals surface area contributed by atoms with Gasteiger partial charge in [0.1, 0.15) is 4.83 Å². The first kappa shape index (κ1) is 21.4. The summed E-state index contributed by atoms with van der Waals surface area (Å²) in [6, 6.07) is -0.336. The Morgan fingerprint density at radius 1 is 1.20 bits per heavy atom. The van der Waals surface area contributed by atoms with Crippen LogP contribution >= 0.6 is 23.1 Å². The molecule has 1 fully saturated rings. The molecule has 0 unspecified atom stereocenters. The minimum absolute atomic E-state index is 0.0508. The van der Waals surface area contributed by atoms with Crippen LogP contribution in [0.15, 0.2) is 9.95 Å². The average molecular weight is 449 g/mol. The van der Waals surface area contributed by atoms with Gasteiger partial charge in [-0.05, 0) is 50.5 Å². The first-order chi connectivity index (χ1) is 14.6. The molecule has 9 heteroatoms. The van der Waals surface area contributed by atoms with Gasteiger partial charge in [-0.1, -0.05) is 31.5 Å². The number of nitrogens with zero attached hydrogens (tertiary/aromatic N) is 2. The normalized spacial score (nSPS) is 16.6. The van der Waals surface area contributed by atoms with Gasteiger partial charge >= 0.3 is 6.03 Å². The number of aryl methyl sites for hydroxylation is 2. The third-order valence-corrected chi connectivity index (χ3v) is 7.94. The second-order valence-corrected chi connectivity index (χ2v) is 10.0. The minimum Gasteiger partial charge on any atom is -0.338 e. The molecule has 2 aromatic rings. The van der Waals surface area contributed by atoms with Crippen LogP contribution in [-0.2, 0) is 17.6 Å². The number of nitrogens with one attached hydrogen (secondary N) is 2. The molecule has 7 nitrogen and oxygen atoms in total. The molecule has 162 valence electrons. The summed E-state index contributed by atoms with van der Waals surface area (Å²) in [5, 5.41) is 6.37. The van der Waals surface area contributed by atoms with E-state index < -0.39 is 6.03 Å². The van der Waals surface area contributed by atoms with Gasteiger partial charge in [-0.15, -0.1) is 11.3 Å². The summed E-state index contributed by atoms with van der Waals surface area (Å²) >= 11 is 2.88. The smallest absolute Gasteiger partial charge is 0.321 e. The van der Waals surface area contributed by atoms with E-state index in [2.05, 4.69) is 10.6 Å². The summed E-state index contributed by atoms with van der Waals surface area (Å²) in [4.78, 5) is 44.4. The van der Waals surface area contributed by atoms with Gasteiger partial charge in [0.25, 0.3) is 5.56 Å². The third-order valence-electron chi connectivity index (χ3n) is 5.80. The van der Waals surface area contributed by atoms with E-state index in [-0.39, 0.29) is 23.3 Å². The largest absolute Gasteiger partial charge is 0.338 e. The maximum Gasteiger partial charge on any atom is 0.321 e. The molecule has 0 atom stereocenters. The molecule has 3 amide bonds. The zero-order chi connectivity index (χ0) is 21.1. The van der Waals surface area contributed by atoms with Gasteiger partial charge in [-0.3, -0.25) is 19.5 Å². The van der Waals surface area contributed by atoms with Crippen molar-refractivity contribution >= 4 is 45.3 Å². The lowest BCUT2D eigenvalue weighted by Crippen LogP contribution is -2.40. The zero-order valence-electron chi connectivity index (χ0n) is 17.3. The molecule has 0 bridgehead atoms. The summed E-state index contributed by atoms with van der Waals surface area (Å²) in [6.45, 7) is 2.47. The van der Waals surface area contributed by atoms with Crippen molar-refractivity contribution in [2.45, 2.75) is 75.9 Å².